The summed E-state index contributed by atoms with van der Waals surface area (Å²) in [5.41, 5.74) is 0.381. The van der Waals surface area contributed by atoms with Gasteiger partial charge in [0, 0.05) is 18.1 Å². The largest absolute Gasteiger partial charge is 0.508 e. The first kappa shape index (κ1) is 12.9. The number of aromatic hydroxyl groups is 1. The van der Waals surface area contributed by atoms with Gasteiger partial charge in [-0.25, -0.2) is 0 Å². The van der Waals surface area contributed by atoms with Gasteiger partial charge in [-0.2, -0.15) is 8.78 Å². The maximum atomic E-state index is 11.9. The Kier molecular flexibility index (Phi) is 4.67. The molecular weight excluding hydrogens is 286 g/mol. The van der Waals surface area contributed by atoms with E-state index in [2.05, 4.69) is 20.7 Å². The van der Waals surface area contributed by atoms with Crippen molar-refractivity contribution in [2.45, 2.75) is 13.0 Å². The van der Waals surface area contributed by atoms with Crippen LogP contribution in [0.2, 0.25) is 0 Å². The summed E-state index contributed by atoms with van der Waals surface area (Å²) in [6.07, 6.45) is 0.0477. The Morgan fingerprint density at radius 3 is 2.69 bits per heavy atom. The number of ether oxygens (including phenoxy) is 1. The summed E-state index contributed by atoms with van der Waals surface area (Å²) in [7, 11) is 0. The molecule has 0 amide bonds. The SMILES string of the molecule is O=C(CBr)Cc1ccc(OC(F)F)cc1O. The highest BCUT2D eigenvalue weighted by Crippen LogP contribution is 2.25. The highest BCUT2D eigenvalue weighted by Gasteiger charge is 2.10. The molecule has 1 N–H and O–H groups in total. The lowest BCUT2D eigenvalue weighted by atomic mass is 10.1. The molecule has 0 heterocycles. The van der Waals surface area contributed by atoms with Gasteiger partial charge in [-0.3, -0.25) is 4.79 Å². The van der Waals surface area contributed by atoms with Gasteiger partial charge in [-0.15, -0.1) is 0 Å². The molecule has 0 unspecified atom stereocenters. The lowest BCUT2D eigenvalue weighted by Crippen LogP contribution is -2.05. The highest BCUT2D eigenvalue weighted by molar-refractivity contribution is 9.09. The van der Waals surface area contributed by atoms with Crippen LogP contribution < -0.4 is 4.74 Å². The summed E-state index contributed by atoms with van der Waals surface area (Å²) in [5.74, 6) is -0.479. The molecule has 16 heavy (non-hydrogen) atoms. The molecule has 0 aliphatic carbocycles. The molecule has 3 nitrogen and oxygen atoms in total. The quantitative estimate of drug-likeness (QED) is 0.849. The van der Waals surface area contributed by atoms with Crippen LogP contribution in [0.5, 0.6) is 11.5 Å². The highest BCUT2D eigenvalue weighted by atomic mass is 79.9. The van der Waals surface area contributed by atoms with E-state index in [0.717, 1.165) is 6.07 Å². The van der Waals surface area contributed by atoms with E-state index in [4.69, 9.17) is 0 Å². The van der Waals surface area contributed by atoms with Gasteiger partial charge >= 0.3 is 6.61 Å². The summed E-state index contributed by atoms with van der Waals surface area (Å²) >= 11 is 2.99. The fourth-order valence-electron chi connectivity index (χ4n) is 1.13. The Morgan fingerprint density at radius 1 is 1.50 bits per heavy atom. The fraction of sp³-hybridized carbons (Fsp3) is 0.300. The number of rotatable bonds is 5. The van der Waals surface area contributed by atoms with Crippen molar-refractivity contribution in [2.75, 3.05) is 5.33 Å². The molecule has 0 spiro atoms. The third kappa shape index (κ3) is 3.77. The molecule has 1 rings (SSSR count). The lowest BCUT2D eigenvalue weighted by Gasteiger charge is -2.07. The zero-order valence-electron chi connectivity index (χ0n) is 8.12. The first-order valence-electron chi connectivity index (χ1n) is 4.37. The van der Waals surface area contributed by atoms with Crippen LogP contribution in [0.15, 0.2) is 18.2 Å². The fourth-order valence-corrected chi connectivity index (χ4v) is 1.33. The van der Waals surface area contributed by atoms with Crippen molar-refractivity contribution < 1.29 is 23.4 Å². The number of hydrogen-bond donors (Lipinski definition) is 1. The number of phenols is 1. The summed E-state index contributed by atoms with van der Waals surface area (Å²) in [6, 6.07) is 3.72. The predicted octanol–water partition coefficient (Wildman–Crippen LogP) is 2.50. The van der Waals surface area contributed by atoms with E-state index in [9.17, 15) is 18.7 Å². The maximum absolute atomic E-state index is 11.9. The second-order valence-corrected chi connectivity index (χ2v) is 3.58. The van der Waals surface area contributed by atoms with Crippen LogP contribution in [-0.4, -0.2) is 22.8 Å². The average molecular weight is 295 g/mol. The number of alkyl halides is 3. The van der Waals surface area contributed by atoms with Crippen molar-refractivity contribution in [3.63, 3.8) is 0 Å². The Bertz CT molecular complexity index is 382. The van der Waals surface area contributed by atoms with Crippen molar-refractivity contribution >= 4 is 21.7 Å². The summed E-state index contributed by atoms with van der Waals surface area (Å²) in [4.78, 5) is 11.1. The Labute approximate surface area is 99.2 Å². The molecule has 0 aromatic heterocycles. The first-order valence-corrected chi connectivity index (χ1v) is 5.49. The molecule has 0 radical (unpaired) electrons. The third-order valence-electron chi connectivity index (χ3n) is 1.82. The molecule has 88 valence electrons. The molecule has 6 heteroatoms. The second kappa shape index (κ2) is 5.79. The number of halogens is 3. The normalized spacial score (nSPS) is 10.5. The van der Waals surface area contributed by atoms with Crippen LogP contribution in [-0.2, 0) is 11.2 Å². The average Bonchev–Trinajstić information content (AvgIpc) is 2.21. The van der Waals surface area contributed by atoms with E-state index in [-0.39, 0.29) is 29.0 Å². The number of Topliss-reactive ketones (excluding diaryl/α,β-unsaturated/α-hetero) is 1. The van der Waals surface area contributed by atoms with Crippen molar-refractivity contribution in [1.29, 1.82) is 0 Å². The molecule has 0 atom stereocenters. The van der Waals surface area contributed by atoms with Gasteiger partial charge in [-0.1, -0.05) is 22.0 Å². The standard InChI is InChI=1S/C10H9BrF2O3/c11-5-7(14)3-6-1-2-8(4-9(6)15)16-10(12)13/h1-2,4,10,15H,3,5H2. The minimum atomic E-state index is -2.94. The summed E-state index contributed by atoms with van der Waals surface area (Å²) < 4.78 is 27.8. The maximum Gasteiger partial charge on any atom is 0.387 e. The van der Waals surface area contributed by atoms with Crippen molar-refractivity contribution in [2.24, 2.45) is 0 Å². The molecule has 0 fully saturated rings. The van der Waals surface area contributed by atoms with Crippen molar-refractivity contribution in [1.82, 2.24) is 0 Å². The Hall–Kier alpha value is -1.17. The first-order chi connectivity index (χ1) is 7.52. The van der Waals surface area contributed by atoms with Gasteiger partial charge in [0.1, 0.15) is 17.3 Å². The zero-order chi connectivity index (χ0) is 12.1. The van der Waals surface area contributed by atoms with E-state index in [1.165, 1.54) is 12.1 Å². The van der Waals surface area contributed by atoms with Crippen molar-refractivity contribution in [3.8, 4) is 11.5 Å². The van der Waals surface area contributed by atoms with Gasteiger partial charge in [0.2, 0.25) is 0 Å². The molecule has 0 aliphatic heterocycles. The molecule has 0 bridgehead atoms. The van der Waals surface area contributed by atoms with E-state index in [1.807, 2.05) is 0 Å². The van der Waals surface area contributed by atoms with Crippen LogP contribution in [0.25, 0.3) is 0 Å². The van der Waals surface area contributed by atoms with Gasteiger partial charge in [0.05, 0.1) is 5.33 Å². The monoisotopic (exact) mass is 294 g/mol. The molecule has 1 aromatic rings. The Balaban J connectivity index is 2.79. The van der Waals surface area contributed by atoms with Crippen LogP contribution in [0.3, 0.4) is 0 Å². The topological polar surface area (TPSA) is 46.5 Å². The number of hydrogen-bond acceptors (Lipinski definition) is 3. The lowest BCUT2D eigenvalue weighted by molar-refractivity contribution is -0.115. The second-order valence-electron chi connectivity index (χ2n) is 3.02. The van der Waals surface area contributed by atoms with Gasteiger partial charge in [0.25, 0.3) is 0 Å². The molecular formula is C10H9BrF2O3. The van der Waals surface area contributed by atoms with Crippen LogP contribution in [0, 0.1) is 0 Å². The smallest absolute Gasteiger partial charge is 0.387 e. The van der Waals surface area contributed by atoms with Gasteiger partial charge < -0.3 is 9.84 Å². The Morgan fingerprint density at radius 2 is 2.19 bits per heavy atom. The van der Waals surface area contributed by atoms with E-state index in [1.54, 1.807) is 0 Å². The van der Waals surface area contributed by atoms with Gasteiger partial charge in [0.15, 0.2) is 0 Å². The number of phenolic OH excluding ortho intramolecular Hbond substituents is 1. The number of benzene rings is 1. The number of carbonyl (C=O) groups is 1. The molecule has 1 aromatic carbocycles. The molecule has 0 saturated heterocycles. The van der Waals surface area contributed by atoms with Crippen LogP contribution in [0.4, 0.5) is 8.78 Å². The summed E-state index contributed by atoms with van der Waals surface area (Å²) in [5, 5.41) is 9.64. The molecule has 0 saturated carbocycles. The van der Waals surface area contributed by atoms with Crippen LogP contribution >= 0.6 is 15.9 Å². The van der Waals surface area contributed by atoms with E-state index < -0.39 is 6.61 Å². The number of ketones is 1. The van der Waals surface area contributed by atoms with E-state index >= 15 is 0 Å². The van der Waals surface area contributed by atoms with E-state index in [0.29, 0.717) is 5.56 Å². The molecule has 0 aliphatic rings. The number of carbonyl (C=O) groups excluding carboxylic acids is 1. The van der Waals surface area contributed by atoms with Crippen LogP contribution in [0.1, 0.15) is 5.56 Å². The summed E-state index contributed by atoms with van der Waals surface area (Å²) in [6.45, 7) is -2.94. The predicted molar refractivity (Wildman–Crippen MR) is 57.2 cm³/mol. The minimum absolute atomic E-state index is 0.0477. The third-order valence-corrected chi connectivity index (χ3v) is 2.44. The van der Waals surface area contributed by atoms with Gasteiger partial charge in [-0.05, 0) is 6.07 Å². The van der Waals surface area contributed by atoms with Crippen molar-refractivity contribution in [3.05, 3.63) is 23.8 Å². The minimum Gasteiger partial charge on any atom is -0.508 e. The zero-order valence-corrected chi connectivity index (χ0v) is 9.71.